The Kier molecular flexibility index (Phi) is 5.38. The van der Waals surface area contributed by atoms with E-state index in [1.807, 2.05) is 6.07 Å². The Morgan fingerprint density at radius 3 is 2.35 bits per heavy atom. The Morgan fingerprint density at radius 2 is 1.73 bits per heavy atom. The lowest BCUT2D eigenvalue weighted by Crippen LogP contribution is -2.46. The molecular weight excluding hydrogens is 452 g/mol. The number of phenols is 2. The molecule has 138 valence electrons. The summed E-state index contributed by atoms with van der Waals surface area (Å²) in [6.07, 6.45) is 1.07. The van der Waals surface area contributed by atoms with Gasteiger partial charge in [-0.15, -0.1) is 0 Å². The minimum absolute atomic E-state index is 0.117. The molecular formula is C19H19FINO4. The van der Waals surface area contributed by atoms with E-state index in [0.29, 0.717) is 37.1 Å². The third-order valence-corrected chi connectivity index (χ3v) is 5.84. The normalized spacial score (nSPS) is 17.7. The number of likely N-dealkylation sites (tertiary alicyclic amines) is 1. The second kappa shape index (κ2) is 7.40. The van der Waals surface area contributed by atoms with Crippen LogP contribution in [-0.2, 0) is 8.40 Å². The van der Waals surface area contributed by atoms with Gasteiger partial charge >= 0.3 is 0 Å². The first-order chi connectivity index (χ1) is 12.3. The van der Waals surface area contributed by atoms with Crippen LogP contribution in [0.1, 0.15) is 29.9 Å². The van der Waals surface area contributed by atoms with E-state index in [2.05, 4.69) is 0 Å². The fourth-order valence-electron chi connectivity index (χ4n) is 3.28. The zero-order chi connectivity index (χ0) is 18.9. The van der Waals surface area contributed by atoms with Crippen LogP contribution in [0.3, 0.4) is 0 Å². The van der Waals surface area contributed by atoms with Crippen LogP contribution >= 0.6 is 22.6 Å². The van der Waals surface area contributed by atoms with Crippen LogP contribution in [0.5, 0.6) is 11.5 Å². The molecule has 3 rings (SSSR count). The molecule has 1 saturated heterocycles. The van der Waals surface area contributed by atoms with E-state index < -0.39 is 15.2 Å². The van der Waals surface area contributed by atoms with Crippen molar-refractivity contribution in [2.45, 2.75) is 22.4 Å². The van der Waals surface area contributed by atoms with Crippen LogP contribution in [0.4, 0.5) is 4.39 Å². The molecule has 7 heteroatoms. The number of hydrogen-bond acceptors (Lipinski definition) is 4. The Morgan fingerprint density at radius 1 is 1.12 bits per heavy atom. The Bertz CT molecular complexity index is 805. The maximum absolute atomic E-state index is 13.6. The van der Waals surface area contributed by atoms with E-state index in [4.69, 9.17) is 0 Å². The van der Waals surface area contributed by atoms with Crippen molar-refractivity contribution in [3.63, 3.8) is 0 Å². The molecule has 2 aromatic rings. The van der Waals surface area contributed by atoms with Gasteiger partial charge in [-0.25, -0.2) is 4.39 Å². The second-order valence-corrected chi connectivity index (χ2v) is 7.98. The molecule has 3 N–H and O–H groups in total. The lowest BCUT2D eigenvalue weighted by molar-refractivity contribution is -0.143. The largest absolute Gasteiger partial charge is 0.508 e. The number of carbonyl (C=O) groups excluding carboxylic acids is 1. The van der Waals surface area contributed by atoms with Gasteiger partial charge in [0.1, 0.15) is 5.75 Å². The molecule has 0 aliphatic carbocycles. The summed E-state index contributed by atoms with van der Waals surface area (Å²) in [7, 11) is 0. The van der Waals surface area contributed by atoms with E-state index in [-0.39, 0.29) is 17.6 Å². The van der Waals surface area contributed by atoms with Gasteiger partial charge in [0.2, 0.25) is 3.61 Å². The van der Waals surface area contributed by atoms with Crippen LogP contribution < -0.4 is 0 Å². The monoisotopic (exact) mass is 471 g/mol. The molecule has 0 aromatic heterocycles. The van der Waals surface area contributed by atoms with Crippen molar-refractivity contribution < 1.29 is 24.5 Å². The number of benzene rings is 2. The molecule has 1 fully saturated rings. The van der Waals surface area contributed by atoms with Crippen LogP contribution in [0.2, 0.25) is 0 Å². The lowest BCUT2D eigenvalue weighted by atomic mass is 9.88. The summed E-state index contributed by atoms with van der Waals surface area (Å²) in [6, 6.07) is 10.9. The summed E-state index contributed by atoms with van der Waals surface area (Å²) in [4.78, 5) is 14.3. The summed E-state index contributed by atoms with van der Waals surface area (Å²) in [5.41, 5.74) is 0.950. The van der Waals surface area contributed by atoms with E-state index in [1.165, 1.54) is 0 Å². The highest BCUT2D eigenvalue weighted by Crippen LogP contribution is 2.38. The molecule has 0 spiro atoms. The molecule has 1 atom stereocenters. The fraction of sp³-hybridized carbons (Fsp3) is 0.316. The second-order valence-electron chi connectivity index (χ2n) is 6.42. The number of hydrogen-bond donors (Lipinski definition) is 3. The van der Waals surface area contributed by atoms with Gasteiger partial charge in [0.05, 0.1) is 0 Å². The summed E-state index contributed by atoms with van der Waals surface area (Å²) in [6.45, 7) is 0.785. The SMILES string of the molecule is O=C(N1CCC(c2cc(F)c(O)cc2O)CC1)C(O)(I)c1ccccc1. The van der Waals surface area contributed by atoms with Crippen molar-refractivity contribution >= 4 is 28.5 Å². The molecule has 26 heavy (non-hydrogen) atoms. The molecule has 0 bridgehead atoms. The molecule has 2 aromatic carbocycles. The quantitative estimate of drug-likeness (QED) is 0.475. The van der Waals surface area contributed by atoms with Crippen LogP contribution in [0.25, 0.3) is 0 Å². The molecule has 1 heterocycles. The minimum atomic E-state index is -1.64. The third-order valence-electron chi connectivity index (χ3n) is 4.76. The summed E-state index contributed by atoms with van der Waals surface area (Å²) in [5, 5.41) is 30.0. The van der Waals surface area contributed by atoms with Crippen molar-refractivity contribution in [1.29, 1.82) is 0 Å². The zero-order valence-electron chi connectivity index (χ0n) is 13.9. The number of carbonyl (C=O) groups is 1. The summed E-state index contributed by atoms with van der Waals surface area (Å²) < 4.78 is 12.0. The van der Waals surface area contributed by atoms with Crippen molar-refractivity contribution in [3.8, 4) is 11.5 Å². The lowest BCUT2D eigenvalue weighted by Gasteiger charge is -2.36. The first-order valence-electron chi connectivity index (χ1n) is 8.28. The van der Waals surface area contributed by atoms with Gasteiger partial charge in [-0.1, -0.05) is 30.3 Å². The van der Waals surface area contributed by atoms with Crippen LogP contribution in [0, 0.1) is 5.82 Å². The fourth-order valence-corrected chi connectivity index (χ4v) is 3.98. The number of aliphatic hydroxyl groups is 1. The molecule has 1 unspecified atom stereocenters. The number of nitrogens with zero attached hydrogens (tertiary/aromatic N) is 1. The highest BCUT2D eigenvalue weighted by molar-refractivity contribution is 14.1. The number of alkyl halides is 1. The number of amides is 1. The van der Waals surface area contributed by atoms with Crippen LogP contribution in [0.15, 0.2) is 42.5 Å². The highest BCUT2D eigenvalue weighted by atomic mass is 127. The zero-order valence-corrected chi connectivity index (χ0v) is 16.1. The summed E-state index contributed by atoms with van der Waals surface area (Å²) >= 11 is 1.75. The third kappa shape index (κ3) is 3.64. The number of rotatable bonds is 3. The van der Waals surface area contributed by atoms with Crippen LogP contribution in [-0.4, -0.2) is 39.2 Å². The van der Waals surface area contributed by atoms with E-state index >= 15 is 0 Å². The molecule has 0 saturated carbocycles. The summed E-state index contributed by atoms with van der Waals surface area (Å²) in [5.74, 6) is -2.01. The average molecular weight is 471 g/mol. The predicted molar refractivity (Wildman–Crippen MR) is 103 cm³/mol. The van der Waals surface area contributed by atoms with Crippen molar-refractivity contribution in [3.05, 3.63) is 59.4 Å². The number of aromatic hydroxyl groups is 2. The average Bonchev–Trinajstić information content (AvgIpc) is 2.65. The molecule has 1 amide bonds. The Balaban J connectivity index is 1.71. The van der Waals surface area contributed by atoms with E-state index in [1.54, 1.807) is 51.8 Å². The first-order valence-corrected chi connectivity index (χ1v) is 9.36. The van der Waals surface area contributed by atoms with Gasteiger partial charge in [0.15, 0.2) is 11.6 Å². The van der Waals surface area contributed by atoms with E-state index in [0.717, 1.165) is 12.1 Å². The van der Waals surface area contributed by atoms with Crippen molar-refractivity contribution in [1.82, 2.24) is 4.90 Å². The first kappa shape index (κ1) is 18.9. The smallest absolute Gasteiger partial charge is 0.269 e. The maximum atomic E-state index is 13.6. The Hall–Kier alpha value is -1.87. The standard InChI is InChI=1S/C19H19FINO4/c20-15-10-14(16(23)11-17(15)24)12-6-8-22(9-7-12)18(25)19(21,26)13-4-2-1-3-5-13/h1-5,10-12,23-24,26H,6-9H2. The maximum Gasteiger partial charge on any atom is 0.269 e. The van der Waals surface area contributed by atoms with Gasteiger partial charge in [-0.3, -0.25) is 4.79 Å². The van der Waals surface area contributed by atoms with Gasteiger partial charge in [0, 0.05) is 30.3 Å². The van der Waals surface area contributed by atoms with Gasteiger partial charge < -0.3 is 20.2 Å². The van der Waals surface area contributed by atoms with Gasteiger partial charge in [0.25, 0.3) is 5.91 Å². The highest BCUT2D eigenvalue weighted by Gasteiger charge is 2.39. The topological polar surface area (TPSA) is 81.0 Å². The predicted octanol–water partition coefficient (Wildman–Crippen LogP) is 3.22. The number of phenolic OH excluding ortho intramolecular Hbond substituents is 2. The van der Waals surface area contributed by atoms with Gasteiger partial charge in [-0.05, 0) is 47.4 Å². The molecule has 0 radical (unpaired) electrons. The van der Waals surface area contributed by atoms with E-state index in [9.17, 15) is 24.5 Å². The molecule has 1 aliphatic rings. The molecule has 5 nitrogen and oxygen atoms in total. The number of halogens is 2. The number of piperidine rings is 1. The van der Waals surface area contributed by atoms with Crippen molar-refractivity contribution in [2.24, 2.45) is 0 Å². The minimum Gasteiger partial charge on any atom is -0.508 e. The Labute approximate surface area is 164 Å². The molecule has 1 aliphatic heterocycles. The van der Waals surface area contributed by atoms with Crippen molar-refractivity contribution in [2.75, 3.05) is 13.1 Å². The van der Waals surface area contributed by atoms with Gasteiger partial charge in [-0.2, -0.15) is 0 Å².